The maximum absolute atomic E-state index is 13.2. The molecule has 2 aromatic rings. The fourth-order valence-electron chi connectivity index (χ4n) is 5.09. The molecular formula is C36H52Cl4N4O8. The highest BCUT2D eigenvalue weighted by molar-refractivity contribution is 6.07. The Morgan fingerprint density at radius 2 is 1.21 bits per heavy atom. The Morgan fingerprint density at radius 1 is 0.731 bits per heavy atom. The van der Waals surface area contributed by atoms with Gasteiger partial charge < -0.3 is 47.0 Å². The Hall–Kier alpha value is -3.33. The van der Waals surface area contributed by atoms with Crippen molar-refractivity contribution in [2.75, 3.05) is 27.3 Å². The third-order valence-corrected chi connectivity index (χ3v) is 7.87. The van der Waals surface area contributed by atoms with Gasteiger partial charge >= 0.3 is 11.9 Å². The molecule has 2 unspecified atom stereocenters. The molecule has 1 aliphatic carbocycles. The van der Waals surface area contributed by atoms with Crippen LogP contribution in [0.3, 0.4) is 0 Å². The van der Waals surface area contributed by atoms with Crippen molar-refractivity contribution in [3.63, 3.8) is 0 Å². The summed E-state index contributed by atoms with van der Waals surface area (Å²) in [7, 11) is 2.91. The van der Waals surface area contributed by atoms with Crippen molar-refractivity contribution >= 4 is 79.5 Å². The van der Waals surface area contributed by atoms with Gasteiger partial charge in [-0.1, -0.05) is 31.1 Å². The van der Waals surface area contributed by atoms with Gasteiger partial charge in [0.05, 0.1) is 14.2 Å². The second kappa shape index (κ2) is 26.4. The summed E-state index contributed by atoms with van der Waals surface area (Å²) in [5.41, 5.74) is 25.1. The lowest BCUT2D eigenvalue weighted by Gasteiger charge is -2.18. The highest BCUT2D eigenvalue weighted by Crippen LogP contribution is 2.34. The number of carbonyl (C=O) groups excluding carboxylic acids is 3. The molecule has 9 N–H and O–H groups in total. The van der Waals surface area contributed by atoms with Crippen molar-refractivity contribution in [2.45, 2.75) is 69.9 Å². The molecule has 3 rings (SSSR count). The first-order valence-corrected chi connectivity index (χ1v) is 16.2. The number of rotatable bonds is 18. The Balaban J connectivity index is 0. The van der Waals surface area contributed by atoms with Crippen LogP contribution in [0.2, 0.25) is 0 Å². The number of benzene rings is 2. The molecule has 2 aromatic carbocycles. The number of nitrogens with two attached hydrogens (primary N) is 4. The lowest BCUT2D eigenvalue weighted by atomic mass is 9.89. The molecule has 0 saturated heterocycles. The highest BCUT2D eigenvalue weighted by atomic mass is 35.5. The second-order valence-corrected chi connectivity index (χ2v) is 11.5. The van der Waals surface area contributed by atoms with Crippen LogP contribution < -0.4 is 41.9 Å². The minimum absolute atomic E-state index is 0. The molecule has 16 heteroatoms. The monoisotopic (exact) mass is 808 g/mol. The molecule has 0 fully saturated rings. The van der Waals surface area contributed by atoms with Crippen molar-refractivity contribution in [1.82, 2.24) is 0 Å². The number of ether oxygens (including phenoxy) is 4. The van der Waals surface area contributed by atoms with Crippen molar-refractivity contribution < 1.29 is 38.4 Å². The van der Waals surface area contributed by atoms with Crippen LogP contribution in [-0.4, -0.2) is 62.2 Å². The Morgan fingerprint density at radius 3 is 1.69 bits per heavy atom. The van der Waals surface area contributed by atoms with Crippen molar-refractivity contribution in [3.05, 3.63) is 70.5 Å². The summed E-state index contributed by atoms with van der Waals surface area (Å²) in [6, 6.07) is 8.35. The van der Waals surface area contributed by atoms with E-state index >= 15 is 0 Å². The lowest BCUT2D eigenvalue weighted by Crippen LogP contribution is -2.34. The van der Waals surface area contributed by atoms with Crippen LogP contribution in [0.15, 0.2) is 59.4 Å². The van der Waals surface area contributed by atoms with E-state index in [1.54, 1.807) is 48.6 Å². The number of unbranched alkanes of at least 4 members (excludes halogenated alkanes) is 2. The number of halogens is 4. The maximum atomic E-state index is 13.2. The van der Waals surface area contributed by atoms with Crippen LogP contribution in [0.25, 0.3) is 12.2 Å². The summed E-state index contributed by atoms with van der Waals surface area (Å²) in [6.07, 6.45) is 10.3. The Kier molecular flexibility index (Phi) is 25.8. The van der Waals surface area contributed by atoms with Crippen LogP contribution in [-0.2, 0) is 14.4 Å². The fraction of sp³-hybridized carbons (Fsp3) is 0.417. The molecular weight excluding hydrogens is 758 g/mol. The van der Waals surface area contributed by atoms with E-state index in [2.05, 4.69) is 0 Å². The maximum Gasteiger partial charge on any atom is 0.328 e. The average Bonchev–Trinajstić information content (AvgIpc) is 3.09. The van der Waals surface area contributed by atoms with Crippen molar-refractivity contribution in [3.8, 4) is 23.0 Å². The number of ketones is 1. The number of aliphatic hydroxyl groups is 1. The second-order valence-electron chi connectivity index (χ2n) is 11.5. The van der Waals surface area contributed by atoms with E-state index in [1.165, 1.54) is 20.3 Å². The number of carbonyl (C=O) groups is 3. The molecule has 1 aliphatic rings. The van der Waals surface area contributed by atoms with Gasteiger partial charge in [-0.05, 0) is 111 Å². The Bertz CT molecular complexity index is 1540. The quantitative estimate of drug-likeness (QED) is 0.0525. The summed E-state index contributed by atoms with van der Waals surface area (Å²) >= 11 is 0. The molecule has 0 bridgehead atoms. The first kappa shape index (κ1) is 50.8. The molecule has 0 amide bonds. The van der Waals surface area contributed by atoms with E-state index in [9.17, 15) is 19.5 Å². The zero-order valence-electron chi connectivity index (χ0n) is 29.4. The van der Waals surface area contributed by atoms with Gasteiger partial charge in [-0.25, -0.2) is 9.59 Å². The molecule has 0 spiro atoms. The average molecular weight is 811 g/mol. The number of allylic oxidation sites excluding steroid dienone is 3. The van der Waals surface area contributed by atoms with E-state index < -0.39 is 24.0 Å². The van der Waals surface area contributed by atoms with Crippen LogP contribution in [0, 0.1) is 0 Å². The molecule has 0 aromatic heterocycles. The molecule has 0 saturated carbocycles. The molecule has 12 nitrogen and oxygen atoms in total. The van der Waals surface area contributed by atoms with Crippen LogP contribution in [0.1, 0.15) is 68.9 Å². The van der Waals surface area contributed by atoms with Gasteiger partial charge in [0, 0.05) is 5.57 Å². The van der Waals surface area contributed by atoms with E-state index in [4.69, 9.17) is 41.9 Å². The van der Waals surface area contributed by atoms with E-state index in [0.29, 0.717) is 79.0 Å². The van der Waals surface area contributed by atoms with Gasteiger partial charge in [-0.2, -0.15) is 0 Å². The SMILES string of the molecule is COc1cc(/C=C/C(=O)C2=C(O)/C(=C/c3ccc(OC(=O)C(N)CCCCN)c(OC)c3)CCC2)ccc1OC(=O)C(N)CCCCN.Cl.Cl.Cl.Cl. The summed E-state index contributed by atoms with van der Waals surface area (Å²) in [4.78, 5) is 38.0. The number of hydrogen-bond acceptors (Lipinski definition) is 12. The minimum atomic E-state index is -0.777. The van der Waals surface area contributed by atoms with E-state index in [-0.39, 0.29) is 72.7 Å². The summed E-state index contributed by atoms with van der Waals surface area (Å²) < 4.78 is 21.8. The van der Waals surface area contributed by atoms with E-state index in [1.807, 2.05) is 0 Å². The summed E-state index contributed by atoms with van der Waals surface area (Å²) in [6.45, 7) is 1.06. The Labute approximate surface area is 330 Å². The van der Waals surface area contributed by atoms with E-state index in [0.717, 1.165) is 25.7 Å². The zero-order chi connectivity index (χ0) is 35.1. The molecule has 52 heavy (non-hydrogen) atoms. The third-order valence-electron chi connectivity index (χ3n) is 7.87. The minimum Gasteiger partial charge on any atom is -0.507 e. The van der Waals surface area contributed by atoms with Crippen LogP contribution >= 0.6 is 49.6 Å². The first-order valence-electron chi connectivity index (χ1n) is 16.2. The fourth-order valence-corrected chi connectivity index (χ4v) is 5.09. The number of hydrogen-bond donors (Lipinski definition) is 5. The van der Waals surface area contributed by atoms with Gasteiger partial charge in [0.1, 0.15) is 17.8 Å². The molecule has 0 aliphatic heterocycles. The predicted octanol–water partition coefficient (Wildman–Crippen LogP) is 5.78. The van der Waals surface area contributed by atoms with Crippen molar-refractivity contribution in [1.29, 1.82) is 0 Å². The first-order chi connectivity index (χ1) is 23.1. The smallest absolute Gasteiger partial charge is 0.328 e. The van der Waals surface area contributed by atoms with Gasteiger partial charge in [-0.15, -0.1) is 49.6 Å². The topological polar surface area (TPSA) is 212 Å². The highest BCUT2D eigenvalue weighted by Gasteiger charge is 2.22. The largest absolute Gasteiger partial charge is 0.507 e. The number of methoxy groups -OCH3 is 2. The van der Waals surface area contributed by atoms with Crippen LogP contribution in [0.5, 0.6) is 23.0 Å². The normalized spacial score (nSPS) is 14.2. The lowest BCUT2D eigenvalue weighted by molar-refractivity contribution is -0.137. The summed E-state index contributed by atoms with van der Waals surface area (Å²) in [5.74, 6) is -0.464. The molecule has 292 valence electrons. The van der Waals surface area contributed by atoms with Gasteiger partial charge in [-0.3, -0.25) is 4.79 Å². The third kappa shape index (κ3) is 15.3. The van der Waals surface area contributed by atoms with Gasteiger partial charge in [0.2, 0.25) is 0 Å². The number of esters is 2. The molecule has 0 heterocycles. The number of aliphatic hydroxyl groups excluding tert-OH is 1. The van der Waals surface area contributed by atoms with Crippen LogP contribution in [0.4, 0.5) is 0 Å². The van der Waals surface area contributed by atoms with Crippen molar-refractivity contribution in [2.24, 2.45) is 22.9 Å². The summed E-state index contributed by atoms with van der Waals surface area (Å²) in [5, 5.41) is 11.1. The molecule has 2 atom stereocenters. The van der Waals surface area contributed by atoms with Gasteiger partial charge in [0.25, 0.3) is 0 Å². The predicted molar refractivity (Wildman–Crippen MR) is 214 cm³/mol. The molecule has 0 radical (unpaired) electrons. The zero-order valence-corrected chi connectivity index (χ0v) is 32.6. The standard InChI is InChI=1S/C36H48N4O8.4ClH/c1-45-32-21-23(13-16-30(32)47-35(43)27(39)10-3-5-18-37)12-15-29(41)26-9-7-8-25(34(26)42)20-24-14-17-31(33(22-24)46-2)48-36(44)28(40)11-4-6-19-38;;;;/h12-17,20-22,27-28,42H,3-11,18-19,37-40H2,1-2H3;4*1H/b15-12+,25-20+;;;;. The van der Waals surface area contributed by atoms with Gasteiger partial charge in [0.15, 0.2) is 28.8 Å².